The predicted octanol–water partition coefficient (Wildman–Crippen LogP) is 5.72. The third-order valence-corrected chi connectivity index (χ3v) is 6.87. The number of aromatic nitrogens is 2. The molecule has 0 radical (unpaired) electrons. The summed E-state index contributed by atoms with van der Waals surface area (Å²) in [6.45, 7) is 2.65. The average Bonchev–Trinajstić information content (AvgIpc) is 3.44. The van der Waals surface area contributed by atoms with E-state index in [4.69, 9.17) is 20.3 Å². The third kappa shape index (κ3) is 7.20. The molecule has 0 saturated carbocycles. The van der Waals surface area contributed by atoms with Crippen LogP contribution in [0.5, 0.6) is 11.8 Å². The first kappa shape index (κ1) is 31.0. The smallest absolute Gasteiger partial charge is 0.336 e. The molecular formula is C33H29F2N5O5. The van der Waals surface area contributed by atoms with E-state index < -0.39 is 17.6 Å². The number of amidine groups is 1. The second-order valence-electron chi connectivity index (χ2n) is 9.90. The maximum Gasteiger partial charge on any atom is 0.336 e. The number of aliphatic hydroxyl groups is 1. The molecular weight excluding hydrogens is 584 g/mol. The van der Waals surface area contributed by atoms with Crippen LogP contribution >= 0.6 is 0 Å². The Hall–Kier alpha value is -5.46. The van der Waals surface area contributed by atoms with Crippen LogP contribution in [0.25, 0.3) is 33.3 Å². The zero-order chi connectivity index (χ0) is 31.9. The fourth-order valence-corrected chi connectivity index (χ4v) is 4.56. The number of fused-ring (bicyclic) bond motifs is 1. The Morgan fingerprint density at radius 1 is 1.00 bits per heavy atom. The van der Waals surface area contributed by atoms with Gasteiger partial charge in [0, 0.05) is 11.6 Å². The normalized spacial score (nSPS) is 11.9. The summed E-state index contributed by atoms with van der Waals surface area (Å²) in [5, 5.41) is 18.0. The number of halogens is 2. The van der Waals surface area contributed by atoms with E-state index >= 15 is 8.78 Å². The predicted molar refractivity (Wildman–Crippen MR) is 167 cm³/mol. The Balaban J connectivity index is 1.31. The van der Waals surface area contributed by atoms with Crippen molar-refractivity contribution in [3.05, 3.63) is 101 Å². The molecule has 12 heteroatoms. The fraction of sp³-hybridized carbons (Fsp3) is 0.152. The van der Waals surface area contributed by atoms with Crippen molar-refractivity contribution in [2.24, 2.45) is 15.7 Å². The Morgan fingerprint density at radius 2 is 1.69 bits per heavy atom. The van der Waals surface area contributed by atoms with Gasteiger partial charge >= 0.3 is 5.97 Å². The molecule has 0 amide bonds. The standard InChI is InChI=1S/C33H29F2N5O5/c1-19-2-11-24(16-25(19)32(42)43)45-33-39-27-17-26(34)28(29(35)30(27)40-33)22-7-3-20(4-8-22)21-5-9-23(10-6-21)31(36)38-18-37-12-14-44-15-13-41/h2-11,16-18,41H,12-15H2,1H3,(H,39,40)(H,42,43)(H2,36,37,38). The first-order valence-electron chi connectivity index (χ1n) is 13.9. The van der Waals surface area contributed by atoms with Crippen molar-refractivity contribution in [3.63, 3.8) is 0 Å². The van der Waals surface area contributed by atoms with Gasteiger partial charge < -0.3 is 30.4 Å². The van der Waals surface area contributed by atoms with Gasteiger partial charge in [-0.05, 0) is 41.3 Å². The maximum atomic E-state index is 15.6. The molecule has 0 bridgehead atoms. The molecule has 1 aromatic heterocycles. The van der Waals surface area contributed by atoms with Crippen molar-refractivity contribution in [1.82, 2.24) is 9.97 Å². The van der Waals surface area contributed by atoms with Crippen LogP contribution in [0.3, 0.4) is 0 Å². The van der Waals surface area contributed by atoms with E-state index in [2.05, 4.69) is 20.0 Å². The number of aromatic amines is 1. The van der Waals surface area contributed by atoms with Gasteiger partial charge in [0.25, 0.3) is 6.01 Å². The van der Waals surface area contributed by atoms with Crippen molar-refractivity contribution in [2.75, 3.05) is 26.4 Å². The van der Waals surface area contributed by atoms with Crippen LogP contribution < -0.4 is 10.5 Å². The molecule has 5 N–H and O–H groups in total. The lowest BCUT2D eigenvalue weighted by molar-refractivity contribution is 0.0695. The highest BCUT2D eigenvalue weighted by Crippen LogP contribution is 2.34. The number of aryl methyl sites for hydroxylation is 1. The largest absolute Gasteiger partial charge is 0.478 e. The lowest BCUT2D eigenvalue weighted by Gasteiger charge is -2.08. The van der Waals surface area contributed by atoms with Gasteiger partial charge in [0.2, 0.25) is 0 Å². The number of carbonyl (C=O) groups is 1. The number of rotatable bonds is 12. The molecule has 0 aliphatic carbocycles. The van der Waals surface area contributed by atoms with E-state index in [-0.39, 0.29) is 53.0 Å². The number of nitrogens with zero attached hydrogens (tertiary/aromatic N) is 3. The summed E-state index contributed by atoms with van der Waals surface area (Å²) in [6.07, 6.45) is 1.36. The monoisotopic (exact) mass is 613 g/mol. The van der Waals surface area contributed by atoms with Crippen LogP contribution in [0.1, 0.15) is 21.5 Å². The Kier molecular flexibility index (Phi) is 9.56. The minimum atomic E-state index is -1.11. The van der Waals surface area contributed by atoms with Gasteiger partial charge in [-0.15, -0.1) is 0 Å². The van der Waals surface area contributed by atoms with Gasteiger partial charge in [-0.1, -0.05) is 54.6 Å². The van der Waals surface area contributed by atoms with Crippen molar-refractivity contribution >= 4 is 29.2 Å². The van der Waals surface area contributed by atoms with Gasteiger partial charge in [0.1, 0.15) is 29.3 Å². The van der Waals surface area contributed by atoms with E-state index in [0.29, 0.717) is 29.8 Å². The van der Waals surface area contributed by atoms with E-state index in [1.807, 2.05) is 24.3 Å². The number of imidazole rings is 1. The molecule has 4 aromatic carbocycles. The van der Waals surface area contributed by atoms with Gasteiger partial charge in [-0.2, -0.15) is 4.98 Å². The molecule has 0 aliphatic heterocycles. The summed E-state index contributed by atoms with van der Waals surface area (Å²) in [5.74, 6) is -2.29. The SMILES string of the molecule is Cc1ccc(Oc2nc3c(F)c(-c4ccc(-c5ccc(C(N)=NC=NCCOCCO)cc5)cc4)c(F)cc3[nH]2)cc1C(=O)O. The number of H-pyrrole nitrogens is 1. The van der Waals surface area contributed by atoms with Crippen LogP contribution in [0.15, 0.2) is 82.8 Å². The summed E-state index contributed by atoms with van der Waals surface area (Å²) < 4.78 is 41.5. The van der Waals surface area contributed by atoms with Crippen LogP contribution in [0.2, 0.25) is 0 Å². The summed E-state index contributed by atoms with van der Waals surface area (Å²) in [6, 6.07) is 19.6. The maximum absolute atomic E-state index is 15.6. The number of hydrogen-bond donors (Lipinski definition) is 4. The van der Waals surface area contributed by atoms with Crippen molar-refractivity contribution < 1.29 is 33.3 Å². The number of hydrogen-bond acceptors (Lipinski definition) is 6. The van der Waals surface area contributed by atoms with E-state index in [9.17, 15) is 9.90 Å². The molecule has 0 unspecified atom stereocenters. The molecule has 0 spiro atoms. The summed E-state index contributed by atoms with van der Waals surface area (Å²) in [4.78, 5) is 26.5. The van der Waals surface area contributed by atoms with Crippen molar-refractivity contribution in [1.29, 1.82) is 0 Å². The van der Waals surface area contributed by atoms with Gasteiger partial charge in [0.15, 0.2) is 5.82 Å². The van der Waals surface area contributed by atoms with Gasteiger partial charge in [-0.25, -0.2) is 18.6 Å². The zero-order valence-corrected chi connectivity index (χ0v) is 24.1. The molecule has 5 aromatic rings. The lowest BCUT2D eigenvalue weighted by atomic mass is 9.98. The number of nitrogens with two attached hydrogens (primary N) is 1. The van der Waals surface area contributed by atoms with Gasteiger partial charge in [0.05, 0.1) is 43.0 Å². The van der Waals surface area contributed by atoms with E-state index in [0.717, 1.165) is 17.2 Å². The summed E-state index contributed by atoms with van der Waals surface area (Å²) >= 11 is 0. The number of aromatic carboxylic acids is 1. The number of ether oxygens (including phenoxy) is 2. The Bertz CT molecular complexity index is 1890. The van der Waals surface area contributed by atoms with Crippen LogP contribution in [-0.4, -0.2) is 64.7 Å². The van der Waals surface area contributed by atoms with Crippen LogP contribution in [0.4, 0.5) is 8.78 Å². The third-order valence-electron chi connectivity index (χ3n) is 6.87. The van der Waals surface area contributed by atoms with Crippen molar-refractivity contribution in [2.45, 2.75) is 6.92 Å². The molecule has 0 saturated heterocycles. The van der Waals surface area contributed by atoms with Crippen LogP contribution in [0, 0.1) is 18.6 Å². The van der Waals surface area contributed by atoms with Crippen LogP contribution in [-0.2, 0) is 4.74 Å². The first-order valence-corrected chi connectivity index (χ1v) is 13.9. The molecule has 45 heavy (non-hydrogen) atoms. The Morgan fingerprint density at radius 3 is 2.38 bits per heavy atom. The molecule has 0 aliphatic rings. The van der Waals surface area contributed by atoms with Crippen molar-refractivity contribution in [3.8, 4) is 34.0 Å². The molecule has 0 fully saturated rings. The number of nitrogens with one attached hydrogen (secondary N) is 1. The van der Waals surface area contributed by atoms with Gasteiger partial charge in [-0.3, -0.25) is 4.99 Å². The minimum Gasteiger partial charge on any atom is -0.478 e. The molecule has 230 valence electrons. The quantitative estimate of drug-likeness (QED) is 0.0797. The highest BCUT2D eigenvalue weighted by Gasteiger charge is 2.20. The lowest BCUT2D eigenvalue weighted by Crippen LogP contribution is -2.13. The highest BCUT2D eigenvalue weighted by atomic mass is 19.1. The zero-order valence-electron chi connectivity index (χ0n) is 24.1. The van der Waals surface area contributed by atoms with E-state index in [1.165, 1.54) is 12.4 Å². The molecule has 1 heterocycles. The number of aliphatic imine (C=N–C) groups is 2. The highest BCUT2D eigenvalue weighted by molar-refractivity contribution is 6.01. The number of carboxylic acids is 1. The molecule has 0 atom stereocenters. The number of aliphatic hydroxyl groups excluding tert-OH is 1. The minimum absolute atomic E-state index is 0.0395. The summed E-state index contributed by atoms with van der Waals surface area (Å²) in [5.41, 5.74) is 9.08. The average molecular weight is 614 g/mol. The number of carboxylic acid groups (broad SMARTS) is 1. The fourth-order valence-electron chi connectivity index (χ4n) is 4.56. The summed E-state index contributed by atoms with van der Waals surface area (Å²) in [7, 11) is 0. The topological polar surface area (TPSA) is 155 Å². The first-order chi connectivity index (χ1) is 21.7. The molecule has 10 nitrogen and oxygen atoms in total. The Labute approximate surface area is 256 Å². The molecule has 5 rings (SSSR count). The van der Waals surface area contributed by atoms with E-state index in [1.54, 1.807) is 43.3 Å². The second-order valence-corrected chi connectivity index (χ2v) is 9.90. The second kappa shape index (κ2) is 13.9. The number of benzene rings is 4.